The standard InChI is InChI=1S/C17H25N/c1-5-13-18(14-6-2)17-11-9-16(10-12-17)15(7-3)8-4/h3-4,17H,5-6,9-14H2,1-2H3. The summed E-state index contributed by atoms with van der Waals surface area (Å²) in [5, 5.41) is 0. The zero-order chi connectivity index (χ0) is 13.4. The van der Waals surface area contributed by atoms with Crippen LogP contribution >= 0.6 is 0 Å². The number of hydrogen-bond acceptors (Lipinski definition) is 1. The first-order valence-corrected chi connectivity index (χ1v) is 7.16. The van der Waals surface area contributed by atoms with Crippen molar-refractivity contribution < 1.29 is 0 Å². The fourth-order valence-electron chi connectivity index (χ4n) is 2.86. The van der Waals surface area contributed by atoms with Crippen LogP contribution in [0.15, 0.2) is 11.1 Å². The van der Waals surface area contributed by atoms with Gasteiger partial charge < -0.3 is 4.90 Å². The van der Waals surface area contributed by atoms with Crippen LogP contribution in [0.2, 0.25) is 0 Å². The third-order valence-corrected chi connectivity index (χ3v) is 3.74. The molecule has 0 atom stereocenters. The number of nitrogens with zero attached hydrogens (tertiary/aromatic N) is 1. The van der Waals surface area contributed by atoms with Gasteiger partial charge in [-0.1, -0.05) is 25.7 Å². The van der Waals surface area contributed by atoms with Crippen LogP contribution in [-0.2, 0) is 0 Å². The van der Waals surface area contributed by atoms with Gasteiger partial charge in [-0.05, 0) is 57.2 Å². The second-order valence-electron chi connectivity index (χ2n) is 5.03. The minimum absolute atomic E-state index is 0.727. The monoisotopic (exact) mass is 243 g/mol. The molecule has 0 N–H and O–H groups in total. The lowest BCUT2D eigenvalue weighted by molar-refractivity contribution is 0.167. The van der Waals surface area contributed by atoms with E-state index in [9.17, 15) is 0 Å². The van der Waals surface area contributed by atoms with Gasteiger partial charge in [0.1, 0.15) is 0 Å². The smallest absolute Gasteiger partial charge is 0.0730 e. The van der Waals surface area contributed by atoms with E-state index in [1.165, 1.54) is 44.3 Å². The molecule has 0 aromatic carbocycles. The second kappa shape index (κ2) is 8.02. The number of hydrogen-bond donors (Lipinski definition) is 0. The average Bonchev–Trinajstić information content (AvgIpc) is 2.41. The summed E-state index contributed by atoms with van der Waals surface area (Å²) in [4.78, 5) is 2.64. The zero-order valence-corrected chi connectivity index (χ0v) is 11.8. The second-order valence-corrected chi connectivity index (χ2v) is 5.03. The van der Waals surface area contributed by atoms with Crippen LogP contribution < -0.4 is 0 Å². The Morgan fingerprint density at radius 3 is 2.00 bits per heavy atom. The summed E-state index contributed by atoms with van der Waals surface area (Å²) in [6.45, 7) is 6.95. The summed E-state index contributed by atoms with van der Waals surface area (Å²) in [6.07, 6.45) is 17.9. The summed E-state index contributed by atoms with van der Waals surface area (Å²) < 4.78 is 0. The lowest BCUT2D eigenvalue weighted by atomic mass is 9.87. The van der Waals surface area contributed by atoms with Crippen molar-refractivity contribution in [2.24, 2.45) is 0 Å². The number of terminal acetylenes is 2. The Morgan fingerprint density at radius 2 is 1.61 bits per heavy atom. The molecule has 0 saturated heterocycles. The topological polar surface area (TPSA) is 3.24 Å². The van der Waals surface area contributed by atoms with Crippen LogP contribution in [-0.4, -0.2) is 24.0 Å². The molecule has 1 aliphatic rings. The van der Waals surface area contributed by atoms with Crippen LogP contribution in [0.5, 0.6) is 0 Å². The molecular formula is C17H25N. The molecule has 18 heavy (non-hydrogen) atoms. The third kappa shape index (κ3) is 3.94. The SMILES string of the molecule is C#CC(C#C)=C1CCC(N(CCC)CCC)CC1. The Kier molecular flexibility index (Phi) is 6.63. The van der Waals surface area contributed by atoms with E-state index in [1.54, 1.807) is 0 Å². The molecule has 1 saturated carbocycles. The minimum Gasteiger partial charge on any atom is -0.300 e. The van der Waals surface area contributed by atoms with Gasteiger partial charge in [-0.2, -0.15) is 0 Å². The minimum atomic E-state index is 0.727. The van der Waals surface area contributed by atoms with Crippen LogP contribution in [0.1, 0.15) is 52.4 Å². The van der Waals surface area contributed by atoms with E-state index in [4.69, 9.17) is 12.8 Å². The molecular weight excluding hydrogens is 218 g/mol. The van der Waals surface area contributed by atoms with Crippen molar-refractivity contribution in [1.29, 1.82) is 0 Å². The molecule has 98 valence electrons. The first kappa shape index (κ1) is 14.9. The van der Waals surface area contributed by atoms with Gasteiger partial charge in [-0.25, -0.2) is 0 Å². The summed E-state index contributed by atoms with van der Waals surface area (Å²) in [7, 11) is 0. The quantitative estimate of drug-likeness (QED) is 0.667. The van der Waals surface area contributed by atoms with Crippen molar-refractivity contribution in [3.63, 3.8) is 0 Å². The fraction of sp³-hybridized carbons (Fsp3) is 0.647. The molecule has 0 aromatic rings. The Labute approximate surface area is 113 Å². The maximum absolute atomic E-state index is 5.44. The Hall–Kier alpha value is -1.18. The molecule has 1 heteroatoms. The fourth-order valence-corrected chi connectivity index (χ4v) is 2.86. The van der Waals surface area contributed by atoms with Crippen LogP contribution in [0.3, 0.4) is 0 Å². The van der Waals surface area contributed by atoms with Crippen LogP contribution in [0.25, 0.3) is 0 Å². The molecule has 1 fully saturated rings. The maximum atomic E-state index is 5.44. The first-order valence-electron chi connectivity index (χ1n) is 7.16. The molecule has 0 radical (unpaired) electrons. The van der Waals surface area contributed by atoms with E-state index < -0.39 is 0 Å². The molecule has 0 aliphatic heterocycles. The Bertz CT molecular complexity index is 332. The van der Waals surface area contributed by atoms with E-state index in [2.05, 4.69) is 30.6 Å². The van der Waals surface area contributed by atoms with Gasteiger partial charge in [0.15, 0.2) is 0 Å². The van der Waals surface area contributed by atoms with Gasteiger partial charge in [0.05, 0.1) is 5.57 Å². The van der Waals surface area contributed by atoms with Crippen molar-refractivity contribution in [3.05, 3.63) is 11.1 Å². The molecule has 0 heterocycles. The highest BCUT2D eigenvalue weighted by Gasteiger charge is 2.22. The van der Waals surface area contributed by atoms with Gasteiger partial charge in [-0.3, -0.25) is 0 Å². The van der Waals surface area contributed by atoms with E-state index >= 15 is 0 Å². The third-order valence-electron chi connectivity index (χ3n) is 3.74. The summed E-state index contributed by atoms with van der Waals surface area (Å²) >= 11 is 0. The summed E-state index contributed by atoms with van der Waals surface area (Å²) in [5.41, 5.74) is 2.12. The highest BCUT2D eigenvalue weighted by atomic mass is 15.1. The van der Waals surface area contributed by atoms with Gasteiger partial charge in [0, 0.05) is 6.04 Å². The molecule has 0 spiro atoms. The summed E-state index contributed by atoms with van der Waals surface area (Å²) in [6, 6.07) is 0.727. The van der Waals surface area contributed by atoms with Gasteiger partial charge in [-0.15, -0.1) is 12.8 Å². The van der Waals surface area contributed by atoms with Gasteiger partial charge in [0.25, 0.3) is 0 Å². The lowest BCUT2D eigenvalue weighted by Gasteiger charge is -2.35. The highest BCUT2D eigenvalue weighted by Crippen LogP contribution is 2.29. The van der Waals surface area contributed by atoms with Gasteiger partial charge in [0.2, 0.25) is 0 Å². The molecule has 1 rings (SSSR count). The molecule has 0 amide bonds. The van der Waals surface area contributed by atoms with E-state index in [-0.39, 0.29) is 0 Å². The Morgan fingerprint density at radius 1 is 1.11 bits per heavy atom. The van der Waals surface area contributed by atoms with Crippen molar-refractivity contribution in [3.8, 4) is 24.7 Å². The van der Waals surface area contributed by atoms with E-state index in [0.717, 1.165) is 24.5 Å². The first-order chi connectivity index (χ1) is 8.76. The highest BCUT2D eigenvalue weighted by molar-refractivity contribution is 5.45. The van der Waals surface area contributed by atoms with Gasteiger partial charge >= 0.3 is 0 Å². The van der Waals surface area contributed by atoms with Crippen molar-refractivity contribution in [2.75, 3.05) is 13.1 Å². The molecule has 0 unspecified atom stereocenters. The largest absolute Gasteiger partial charge is 0.300 e. The molecule has 1 aliphatic carbocycles. The maximum Gasteiger partial charge on any atom is 0.0730 e. The van der Waals surface area contributed by atoms with Crippen molar-refractivity contribution >= 4 is 0 Å². The zero-order valence-electron chi connectivity index (χ0n) is 11.8. The Balaban J connectivity index is 2.60. The van der Waals surface area contributed by atoms with Crippen LogP contribution in [0, 0.1) is 24.7 Å². The average molecular weight is 243 g/mol. The molecule has 0 aromatic heterocycles. The summed E-state index contributed by atoms with van der Waals surface area (Å²) in [5.74, 6) is 5.29. The van der Waals surface area contributed by atoms with E-state index in [1.807, 2.05) is 0 Å². The van der Waals surface area contributed by atoms with E-state index in [0.29, 0.717) is 0 Å². The van der Waals surface area contributed by atoms with Crippen LogP contribution in [0.4, 0.5) is 0 Å². The van der Waals surface area contributed by atoms with Crippen molar-refractivity contribution in [1.82, 2.24) is 4.90 Å². The predicted molar refractivity (Wildman–Crippen MR) is 79.1 cm³/mol. The number of allylic oxidation sites excluding steroid dienone is 2. The molecule has 0 bridgehead atoms. The normalized spacial score (nSPS) is 19.4. The van der Waals surface area contributed by atoms with Crippen molar-refractivity contribution in [2.45, 2.75) is 58.4 Å². The lowest BCUT2D eigenvalue weighted by Crippen LogP contribution is -2.38. The predicted octanol–water partition coefficient (Wildman–Crippen LogP) is 3.61. The number of rotatable bonds is 5. The molecule has 1 nitrogen and oxygen atoms in total.